The van der Waals surface area contributed by atoms with Crippen molar-refractivity contribution in [3.63, 3.8) is 0 Å². The van der Waals surface area contributed by atoms with Crippen molar-refractivity contribution in [1.82, 2.24) is 9.88 Å². The van der Waals surface area contributed by atoms with Crippen molar-refractivity contribution in [2.75, 3.05) is 18.4 Å². The highest BCUT2D eigenvalue weighted by molar-refractivity contribution is 5.94. The number of hydrogen-bond acceptors (Lipinski definition) is 5. The second-order valence-corrected chi connectivity index (χ2v) is 6.11. The van der Waals surface area contributed by atoms with Gasteiger partial charge in [-0.05, 0) is 43.5 Å². The number of carbonyl (C=O) groups excluding carboxylic acids is 2. The summed E-state index contributed by atoms with van der Waals surface area (Å²) in [5.74, 6) is 0.886. The van der Waals surface area contributed by atoms with Gasteiger partial charge >= 0.3 is 0 Å². The maximum absolute atomic E-state index is 12.2. The molecule has 0 radical (unpaired) electrons. The van der Waals surface area contributed by atoms with E-state index < -0.39 is 12.0 Å². The molecule has 1 aromatic heterocycles. The van der Waals surface area contributed by atoms with E-state index in [9.17, 15) is 14.7 Å². The van der Waals surface area contributed by atoms with Crippen LogP contribution < -0.4 is 10.1 Å². The Morgan fingerprint density at radius 2 is 2.00 bits per heavy atom. The summed E-state index contributed by atoms with van der Waals surface area (Å²) in [6, 6.07) is 12.7. The van der Waals surface area contributed by atoms with E-state index in [1.54, 1.807) is 12.1 Å². The number of nitrogens with zero attached hydrogens (tertiary/aromatic N) is 2. The van der Waals surface area contributed by atoms with Gasteiger partial charge in [-0.2, -0.15) is 0 Å². The topological polar surface area (TPSA) is 91.8 Å². The average molecular weight is 355 g/mol. The Labute approximate surface area is 151 Å². The van der Waals surface area contributed by atoms with E-state index in [1.807, 2.05) is 30.3 Å². The summed E-state index contributed by atoms with van der Waals surface area (Å²) < 4.78 is 5.64. The van der Waals surface area contributed by atoms with Crippen molar-refractivity contribution in [3.05, 3.63) is 48.7 Å². The van der Waals surface area contributed by atoms with E-state index in [0.717, 1.165) is 12.8 Å². The van der Waals surface area contributed by atoms with Crippen LogP contribution in [0.5, 0.6) is 11.5 Å². The van der Waals surface area contributed by atoms with Gasteiger partial charge in [0.05, 0.1) is 12.7 Å². The van der Waals surface area contributed by atoms with Crippen LogP contribution in [0.3, 0.4) is 0 Å². The molecule has 3 rings (SSSR count). The van der Waals surface area contributed by atoms with E-state index in [-0.39, 0.29) is 12.5 Å². The lowest BCUT2D eigenvalue weighted by atomic mass is 10.2. The van der Waals surface area contributed by atoms with Crippen LogP contribution in [0.25, 0.3) is 0 Å². The Bertz CT molecular complexity index is 749. The van der Waals surface area contributed by atoms with E-state index in [4.69, 9.17) is 4.74 Å². The zero-order chi connectivity index (χ0) is 18.4. The third-order valence-corrected chi connectivity index (χ3v) is 4.07. The summed E-state index contributed by atoms with van der Waals surface area (Å²) in [6.07, 6.45) is 2.50. The highest BCUT2D eigenvalue weighted by Gasteiger charge is 2.26. The molecule has 7 nitrogen and oxygen atoms in total. The summed E-state index contributed by atoms with van der Waals surface area (Å²) in [4.78, 5) is 29.7. The molecule has 2 amide bonds. The van der Waals surface area contributed by atoms with Gasteiger partial charge in [0, 0.05) is 6.54 Å². The van der Waals surface area contributed by atoms with Gasteiger partial charge in [0.2, 0.25) is 5.91 Å². The Kier molecular flexibility index (Phi) is 5.80. The Morgan fingerprint density at radius 1 is 1.19 bits per heavy atom. The van der Waals surface area contributed by atoms with Crippen molar-refractivity contribution < 1.29 is 19.4 Å². The second-order valence-electron chi connectivity index (χ2n) is 6.11. The standard InChI is InChI=1S/C19H21N3O4/c23-16-8-4-5-11-22(19(16)25)13-18(24)21-17-10-9-15(12-20-17)26-14-6-2-1-3-7-14/h1-3,6-7,9-10,12,16,23H,4-5,8,11,13H2,(H,20,21,24). The first-order chi connectivity index (χ1) is 12.6. The molecule has 7 heteroatoms. The van der Waals surface area contributed by atoms with Crippen LogP contribution in [0.2, 0.25) is 0 Å². The van der Waals surface area contributed by atoms with Gasteiger partial charge in [0.25, 0.3) is 5.91 Å². The molecular weight excluding hydrogens is 334 g/mol. The van der Waals surface area contributed by atoms with E-state index in [1.165, 1.54) is 11.1 Å². The number of aliphatic hydroxyl groups excluding tert-OH is 1. The molecule has 1 aromatic carbocycles. The molecule has 1 aliphatic rings. The predicted octanol–water partition coefficient (Wildman–Crippen LogP) is 2.19. The molecule has 1 fully saturated rings. The fraction of sp³-hybridized carbons (Fsp3) is 0.316. The lowest BCUT2D eigenvalue weighted by Gasteiger charge is -2.21. The number of aromatic nitrogens is 1. The minimum absolute atomic E-state index is 0.0974. The molecular formula is C19H21N3O4. The second kappa shape index (κ2) is 8.44. The summed E-state index contributed by atoms with van der Waals surface area (Å²) in [5.41, 5.74) is 0. The lowest BCUT2D eigenvalue weighted by molar-refractivity contribution is -0.141. The molecule has 1 saturated heterocycles. The molecule has 2 aromatic rings. The van der Waals surface area contributed by atoms with Crippen LogP contribution in [0.4, 0.5) is 5.82 Å². The number of hydrogen-bond donors (Lipinski definition) is 2. The zero-order valence-electron chi connectivity index (χ0n) is 14.3. The summed E-state index contributed by atoms with van der Waals surface area (Å²) >= 11 is 0. The lowest BCUT2D eigenvalue weighted by Crippen LogP contribution is -2.42. The number of benzene rings is 1. The molecule has 0 aliphatic carbocycles. The molecule has 26 heavy (non-hydrogen) atoms. The maximum Gasteiger partial charge on any atom is 0.251 e. The zero-order valence-corrected chi connectivity index (χ0v) is 14.3. The number of para-hydroxylation sites is 1. The van der Waals surface area contributed by atoms with Crippen molar-refractivity contribution in [3.8, 4) is 11.5 Å². The first kappa shape index (κ1) is 17.9. The van der Waals surface area contributed by atoms with Crippen LogP contribution in [0.15, 0.2) is 48.7 Å². The third-order valence-electron chi connectivity index (χ3n) is 4.07. The molecule has 2 heterocycles. The minimum atomic E-state index is -1.02. The van der Waals surface area contributed by atoms with Crippen molar-refractivity contribution >= 4 is 17.6 Å². The number of aliphatic hydroxyl groups is 1. The first-order valence-electron chi connectivity index (χ1n) is 8.57. The van der Waals surface area contributed by atoms with Crippen LogP contribution in [0, 0.1) is 0 Å². The normalized spacial score (nSPS) is 17.5. The van der Waals surface area contributed by atoms with Crippen molar-refractivity contribution in [1.29, 1.82) is 0 Å². The number of pyridine rings is 1. The highest BCUT2D eigenvalue weighted by atomic mass is 16.5. The van der Waals surface area contributed by atoms with Gasteiger partial charge in [0.1, 0.15) is 23.4 Å². The number of rotatable bonds is 5. The van der Waals surface area contributed by atoms with Gasteiger partial charge < -0.3 is 20.1 Å². The molecule has 2 N–H and O–H groups in total. The number of likely N-dealkylation sites (tertiary alicyclic amines) is 1. The molecule has 0 bridgehead atoms. The summed E-state index contributed by atoms with van der Waals surface area (Å²) in [6.45, 7) is 0.375. The van der Waals surface area contributed by atoms with Crippen LogP contribution in [-0.4, -0.2) is 46.0 Å². The molecule has 1 aliphatic heterocycles. The van der Waals surface area contributed by atoms with Gasteiger partial charge in [-0.25, -0.2) is 4.98 Å². The molecule has 1 unspecified atom stereocenters. The monoisotopic (exact) mass is 355 g/mol. The quantitative estimate of drug-likeness (QED) is 0.858. The first-order valence-corrected chi connectivity index (χ1v) is 8.57. The fourth-order valence-electron chi connectivity index (χ4n) is 2.74. The number of ether oxygens (including phenoxy) is 1. The number of carbonyl (C=O) groups is 2. The van der Waals surface area contributed by atoms with Crippen molar-refractivity contribution in [2.24, 2.45) is 0 Å². The fourth-order valence-corrected chi connectivity index (χ4v) is 2.74. The van der Waals surface area contributed by atoms with Gasteiger partial charge in [-0.15, -0.1) is 0 Å². The third kappa shape index (κ3) is 4.80. The average Bonchev–Trinajstić information content (AvgIpc) is 2.80. The number of anilines is 1. The SMILES string of the molecule is O=C(CN1CCCCC(O)C1=O)Nc1ccc(Oc2ccccc2)cn1. The predicted molar refractivity (Wildman–Crippen MR) is 95.8 cm³/mol. The molecule has 136 valence electrons. The maximum atomic E-state index is 12.2. The van der Waals surface area contributed by atoms with Gasteiger partial charge in [-0.3, -0.25) is 9.59 Å². The molecule has 0 spiro atoms. The van der Waals surface area contributed by atoms with Crippen LogP contribution in [-0.2, 0) is 9.59 Å². The van der Waals surface area contributed by atoms with Crippen LogP contribution >= 0.6 is 0 Å². The van der Waals surface area contributed by atoms with Crippen LogP contribution in [0.1, 0.15) is 19.3 Å². The summed E-state index contributed by atoms with van der Waals surface area (Å²) in [5, 5.41) is 12.4. The van der Waals surface area contributed by atoms with E-state index in [0.29, 0.717) is 30.3 Å². The highest BCUT2D eigenvalue weighted by Crippen LogP contribution is 2.21. The van der Waals surface area contributed by atoms with Crippen molar-refractivity contribution in [2.45, 2.75) is 25.4 Å². The van der Waals surface area contributed by atoms with E-state index in [2.05, 4.69) is 10.3 Å². The number of amides is 2. The van der Waals surface area contributed by atoms with Gasteiger partial charge in [0.15, 0.2) is 0 Å². The van der Waals surface area contributed by atoms with Gasteiger partial charge in [-0.1, -0.05) is 18.2 Å². The summed E-state index contributed by atoms with van der Waals surface area (Å²) in [7, 11) is 0. The largest absolute Gasteiger partial charge is 0.456 e. The smallest absolute Gasteiger partial charge is 0.251 e. The molecule has 1 atom stereocenters. The Morgan fingerprint density at radius 3 is 2.73 bits per heavy atom. The Hall–Kier alpha value is -2.93. The number of nitrogens with one attached hydrogen (secondary N) is 1. The van der Waals surface area contributed by atoms with E-state index >= 15 is 0 Å². The Balaban J connectivity index is 1.55. The molecule has 0 saturated carbocycles. The minimum Gasteiger partial charge on any atom is -0.456 e.